The van der Waals surface area contributed by atoms with Crippen LogP contribution in [0.3, 0.4) is 0 Å². The van der Waals surface area contributed by atoms with E-state index in [-0.39, 0.29) is 5.82 Å². The topological polar surface area (TPSA) is 54.7 Å². The molecule has 0 aliphatic carbocycles. The van der Waals surface area contributed by atoms with Crippen LogP contribution in [0.2, 0.25) is 5.02 Å². The number of benzene rings is 2. The van der Waals surface area contributed by atoms with Gasteiger partial charge in [0.1, 0.15) is 5.82 Å². The smallest absolute Gasteiger partial charge is 0.153 e. The number of nitrogen functional groups attached to an aromatic ring is 1. The second-order valence-corrected chi connectivity index (χ2v) is 5.26. The maximum atomic E-state index is 13.2. The van der Waals surface area contributed by atoms with Gasteiger partial charge < -0.3 is 5.73 Å². The largest absolute Gasteiger partial charge is 0.382 e. The van der Waals surface area contributed by atoms with Crippen LogP contribution in [0.4, 0.5) is 10.2 Å². The number of anilines is 1. The average molecular weight is 302 g/mol. The predicted octanol–water partition coefficient (Wildman–Crippen LogP) is 4.43. The molecule has 0 bridgehead atoms. The van der Waals surface area contributed by atoms with E-state index >= 15 is 0 Å². The van der Waals surface area contributed by atoms with Crippen LogP contribution in [0.25, 0.3) is 22.4 Å². The van der Waals surface area contributed by atoms with E-state index in [4.69, 9.17) is 17.3 Å². The molecule has 0 unspecified atom stereocenters. The highest BCUT2D eigenvalue weighted by molar-refractivity contribution is 6.33. The Hall–Kier alpha value is -2.33. The number of nitrogens with one attached hydrogen (secondary N) is 1. The fourth-order valence-electron chi connectivity index (χ4n) is 2.25. The first-order chi connectivity index (χ1) is 10.1. The number of hydrogen-bond acceptors (Lipinski definition) is 2. The molecule has 0 spiro atoms. The average Bonchev–Trinajstić information content (AvgIpc) is 2.82. The lowest BCUT2D eigenvalue weighted by atomic mass is 10.00. The second-order valence-electron chi connectivity index (χ2n) is 4.85. The monoisotopic (exact) mass is 301 g/mol. The minimum absolute atomic E-state index is 0.302. The summed E-state index contributed by atoms with van der Waals surface area (Å²) in [6.07, 6.45) is 0. The molecule has 0 atom stereocenters. The van der Waals surface area contributed by atoms with Gasteiger partial charge in [-0.1, -0.05) is 41.4 Å². The lowest BCUT2D eigenvalue weighted by Crippen LogP contribution is -1.90. The third-order valence-corrected chi connectivity index (χ3v) is 3.65. The van der Waals surface area contributed by atoms with Crippen LogP contribution in [0.1, 0.15) is 5.56 Å². The fraction of sp³-hybridized carbons (Fsp3) is 0.0625. The molecule has 3 aromatic rings. The van der Waals surface area contributed by atoms with E-state index in [1.807, 2.05) is 31.2 Å². The van der Waals surface area contributed by atoms with Gasteiger partial charge in [-0.05, 0) is 25.1 Å². The van der Waals surface area contributed by atoms with Crippen molar-refractivity contribution >= 4 is 17.4 Å². The van der Waals surface area contributed by atoms with Crippen LogP contribution >= 0.6 is 11.6 Å². The molecule has 0 radical (unpaired) electrons. The molecule has 0 amide bonds. The van der Waals surface area contributed by atoms with Gasteiger partial charge in [-0.2, -0.15) is 5.10 Å². The van der Waals surface area contributed by atoms with Crippen molar-refractivity contribution in [1.82, 2.24) is 10.2 Å². The van der Waals surface area contributed by atoms with E-state index < -0.39 is 0 Å². The van der Waals surface area contributed by atoms with Gasteiger partial charge in [0.25, 0.3) is 0 Å². The molecule has 1 aromatic heterocycles. The van der Waals surface area contributed by atoms with Gasteiger partial charge in [-0.25, -0.2) is 4.39 Å². The van der Waals surface area contributed by atoms with Gasteiger partial charge in [-0.15, -0.1) is 0 Å². The summed E-state index contributed by atoms with van der Waals surface area (Å²) < 4.78 is 13.2. The van der Waals surface area contributed by atoms with Crippen LogP contribution in [-0.4, -0.2) is 10.2 Å². The molecule has 5 heteroatoms. The van der Waals surface area contributed by atoms with E-state index in [1.165, 1.54) is 12.1 Å². The zero-order valence-electron chi connectivity index (χ0n) is 11.3. The number of H-pyrrole nitrogens is 1. The zero-order chi connectivity index (χ0) is 15.0. The normalized spacial score (nSPS) is 10.8. The summed E-state index contributed by atoms with van der Waals surface area (Å²) in [7, 11) is 0. The van der Waals surface area contributed by atoms with Crippen molar-refractivity contribution in [3.63, 3.8) is 0 Å². The Kier molecular flexibility index (Phi) is 3.39. The molecule has 0 fully saturated rings. The highest BCUT2D eigenvalue weighted by atomic mass is 35.5. The fourth-order valence-corrected chi connectivity index (χ4v) is 2.51. The van der Waals surface area contributed by atoms with Gasteiger partial charge in [0.15, 0.2) is 5.82 Å². The van der Waals surface area contributed by atoms with E-state index in [1.54, 1.807) is 6.07 Å². The molecule has 1 heterocycles. The number of hydrogen-bond donors (Lipinski definition) is 2. The summed E-state index contributed by atoms with van der Waals surface area (Å²) in [5, 5.41) is 7.28. The van der Waals surface area contributed by atoms with Gasteiger partial charge in [0.05, 0.1) is 16.3 Å². The van der Waals surface area contributed by atoms with Gasteiger partial charge in [0, 0.05) is 11.1 Å². The molecule has 21 heavy (non-hydrogen) atoms. The number of aromatic nitrogens is 2. The summed E-state index contributed by atoms with van der Waals surface area (Å²) in [4.78, 5) is 0. The molecular weight excluding hydrogens is 289 g/mol. The van der Waals surface area contributed by atoms with Crippen LogP contribution < -0.4 is 5.73 Å². The number of halogens is 2. The van der Waals surface area contributed by atoms with Gasteiger partial charge in [-0.3, -0.25) is 5.10 Å². The highest BCUT2D eigenvalue weighted by Crippen LogP contribution is 2.38. The Morgan fingerprint density at radius 1 is 1.14 bits per heavy atom. The maximum absolute atomic E-state index is 13.2. The van der Waals surface area contributed by atoms with E-state index in [0.717, 1.165) is 16.8 Å². The number of nitrogens with two attached hydrogens (primary N) is 1. The van der Waals surface area contributed by atoms with Gasteiger partial charge >= 0.3 is 0 Å². The van der Waals surface area contributed by atoms with E-state index in [0.29, 0.717) is 22.0 Å². The van der Waals surface area contributed by atoms with E-state index in [2.05, 4.69) is 10.2 Å². The summed E-state index contributed by atoms with van der Waals surface area (Å²) >= 11 is 6.14. The van der Waals surface area contributed by atoms with Crippen molar-refractivity contribution in [3.05, 3.63) is 58.9 Å². The molecule has 0 aliphatic heterocycles. The quantitative estimate of drug-likeness (QED) is 0.736. The SMILES string of the molecule is Cc1ccc(-c2[nH]nc(N)c2-c2ccc(F)cc2Cl)cc1. The van der Waals surface area contributed by atoms with Crippen molar-refractivity contribution in [2.24, 2.45) is 0 Å². The third kappa shape index (κ3) is 2.50. The van der Waals surface area contributed by atoms with Crippen molar-refractivity contribution < 1.29 is 4.39 Å². The van der Waals surface area contributed by atoms with Crippen molar-refractivity contribution in [1.29, 1.82) is 0 Å². The zero-order valence-corrected chi connectivity index (χ0v) is 12.1. The number of aromatic amines is 1. The molecule has 0 saturated heterocycles. The van der Waals surface area contributed by atoms with Crippen molar-refractivity contribution in [2.75, 3.05) is 5.73 Å². The molecule has 0 aliphatic rings. The first-order valence-corrected chi connectivity index (χ1v) is 6.80. The van der Waals surface area contributed by atoms with E-state index in [9.17, 15) is 4.39 Å². The minimum atomic E-state index is -0.386. The molecule has 3 rings (SSSR count). The highest BCUT2D eigenvalue weighted by Gasteiger charge is 2.17. The Balaban J connectivity index is 2.19. The Bertz CT molecular complexity index is 794. The Morgan fingerprint density at radius 3 is 2.52 bits per heavy atom. The molecule has 3 N–H and O–H groups in total. The predicted molar refractivity (Wildman–Crippen MR) is 83.6 cm³/mol. The molecular formula is C16H13ClFN3. The van der Waals surface area contributed by atoms with Crippen LogP contribution in [0, 0.1) is 12.7 Å². The number of aryl methyl sites for hydroxylation is 1. The van der Waals surface area contributed by atoms with Crippen molar-refractivity contribution in [3.8, 4) is 22.4 Å². The van der Waals surface area contributed by atoms with Crippen LogP contribution in [0.5, 0.6) is 0 Å². The Morgan fingerprint density at radius 2 is 1.86 bits per heavy atom. The van der Waals surface area contributed by atoms with Gasteiger partial charge in [0.2, 0.25) is 0 Å². The number of rotatable bonds is 2. The lowest BCUT2D eigenvalue weighted by molar-refractivity contribution is 0.628. The molecule has 2 aromatic carbocycles. The molecule has 3 nitrogen and oxygen atoms in total. The standard InChI is InChI=1S/C16H13ClFN3/c1-9-2-4-10(5-3-9)15-14(16(19)21-20-15)12-7-6-11(18)8-13(12)17/h2-8H,1H3,(H3,19,20,21). The summed E-state index contributed by atoms with van der Waals surface area (Å²) in [6.45, 7) is 2.02. The lowest BCUT2D eigenvalue weighted by Gasteiger charge is -2.07. The summed E-state index contributed by atoms with van der Waals surface area (Å²) in [5.41, 5.74) is 10.2. The first-order valence-electron chi connectivity index (χ1n) is 6.42. The van der Waals surface area contributed by atoms with Crippen LogP contribution in [0.15, 0.2) is 42.5 Å². The maximum Gasteiger partial charge on any atom is 0.153 e. The molecule has 106 valence electrons. The third-order valence-electron chi connectivity index (χ3n) is 3.34. The van der Waals surface area contributed by atoms with Crippen LogP contribution in [-0.2, 0) is 0 Å². The second kappa shape index (κ2) is 5.22. The first kappa shape index (κ1) is 13.6. The molecule has 0 saturated carbocycles. The summed E-state index contributed by atoms with van der Waals surface area (Å²) in [6, 6.07) is 12.2. The Labute approximate surface area is 126 Å². The van der Waals surface area contributed by atoms with Crippen molar-refractivity contribution in [2.45, 2.75) is 6.92 Å². The minimum Gasteiger partial charge on any atom is -0.382 e. The number of nitrogens with zero attached hydrogens (tertiary/aromatic N) is 1. The summed E-state index contributed by atoms with van der Waals surface area (Å²) in [5.74, 6) is -0.0539.